The Kier molecular flexibility index (Phi) is 9.79. The van der Waals surface area contributed by atoms with Crippen LogP contribution in [0.4, 0.5) is 0 Å². The molecule has 40 heavy (non-hydrogen) atoms. The Hall–Kier alpha value is -3.29. The lowest BCUT2D eigenvalue weighted by Gasteiger charge is -2.37. The first-order valence-corrected chi connectivity index (χ1v) is 15.2. The maximum absolute atomic E-state index is 13.0. The van der Waals surface area contributed by atoms with E-state index in [9.17, 15) is 4.79 Å². The van der Waals surface area contributed by atoms with Crippen molar-refractivity contribution < 1.29 is 9.53 Å². The second-order valence-electron chi connectivity index (χ2n) is 11.9. The third-order valence-electron chi connectivity index (χ3n) is 9.11. The molecule has 8 heteroatoms. The van der Waals surface area contributed by atoms with Crippen molar-refractivity contribution in [2.75, 3.05) is 7.11 Å². The van der Waals surface area contributed by atoms with Crippen molar-refractivity contribution in [1.82, 2.24) is 29.8 Å². The van der Waals surface area contributed by atoms with E-state index in [1.165, 1.54) is 81.7 Å². The lowest BCUT2D eigenvalue weighted by Crippen LogP contribution is -2.24. The maximum atomic E-state index is 13.0. The molecule has 8 nitrogen and oxygen atoms in total. The second-order valence-corrected chi connectivity index (χ2v) is 11.9. The molecule has 0 unspecified atom stereocenters. The van der Waals surface area contributed by atoms with Gasteiger partial charge in [0.2, 0.25) is 5.82 Å². The van der Waals surface area contributed by atoms with Gasteiger partial charge in [0.1, 0.15) is 11.4 Å². The van der Waals surface area contributed by atoms with Gasteiger partial charge in [-0.1, -0.05) is 50.0 Å². The molecule has 2 fully saturated rings. The van der Waals surface area contributed by atoms with Crippen LogP contribution in [0.3, 0.4) is 0 Å². The molecule has 0 atom stereocenters. The third-order valence-corrected chi connectivity index (χ3v) is 9.11. The van der Waals surface area contributed by atoms with E-state index in [4.69, 9.17) is 4.74 Å². The Morgan fingerprint density at radius 2 is 1.77 bits per heavy atom. The van der Waals surface area contributed by atoms with E-state index >= 15 is 0 Å². The van der Waals surface area contributed by atoms with Gasteiger partial charge in [-0.3, -0.25) is 4.79 Å². The van der Waals surface area contributed by atoms with Gasteiger partial charge in [-0.05, 0) is 104 Å². The number of allylic oxidation sites excluding steroid dienone is 2. The van der Waals surface area contributed by atoms with E-state index in [-0.39, 0.29) is 11.6 Å². The summed E-state index contributed by atoms with van der Waals surface area (Å²) in [5, 5.41) is 11.7. The highest BCUT2D eigenvalue weighted by Crippen LogP contribution is 2.50. The molecule has 1 aromatic carbocycles. The van der Waals surface area contributed by atoms with Gasteiger partial charge in [-0.2, -0.15) is 0 Å². The Bertz CT molecular complexity index is 1230. The summed E-state index contributed by atoms with van der Waals surface area (Å²) in [5.41, 5.74) is 2.10. The number of hydrogen-bond donors (Lipinski definition) is 0. The lowest BCUT2D eigenvalue weighted by molar-refractivity contribution is 0.102. The highest BCUT2D eigenvalue weighted by atomic mass is 16.5. The molecule has 2 saturated carbocycles. The molecule has 1 spiro atoms. The van der Waals surface area contributed by atoms with Crippen LogP contribution in [-0.2, 0) is 13.1 Å². The molecular formula is C32H44N6O2. The number of carbonyl (C=O) groups is 1. The summed E-state index contributed by atoms with van der Waals surface area (Å²) in [7, 11) is 1.63. The van der Waals surface area contributed by atoms with Crippen LogP contribution in [0, 0.1) is 11.3 Å². The molecule has 2 aliphatic carbocycles. The smallest absolute Gasteiger partial charge is 0.251 e. The molecule has 2 heterocycles. The van der Waals surface area contributed by atoms with Crippen molar-refractivity contribution in [3.8, 4) is 5.75 Å². The first-order valence-electron chi connectivity index (χ1n) is 15.2. The fourth-order valence-electron chi connectivity index (χ4n) is 6.62. The van der Waals surface area contributed by atoms with Crippen molar-refractivity contribution in [1.29, 1.82) is 0 Å². The summed E-state index contributed by atoms with van der Waals surface area (Å²) < 4.78 is 8.68. The number of imidazole rings is 1. The number of benzene rings is 1. The summed E-state index contributed by atoms with van der Waals surface area (Å²) >= 11 is 0. The second kappa shape index (κ2) is 13.9. The normalized spacial score (nSPS) is 17.2. The van der Waals surface area contributed by atoms with Crippen molar-refractivity contribution in [2.24, 2.45) is 11.3 Å². The minimum atomic E-state index is -0.275. The fraction of sp³-hybridized carbons (Fsp3) is 0.594. The average molecular weight is 545 g/mol. The Balaban J connectivity index is 0.971. The standard InChI is InChI=1S/C32H44N6O2/c1-40-28-14-12-27(13-15-28)23-38-31(34-35-36-38)30(39)29-24-37(25-33-29)22-10-6-4-2-3-5-7-11-26-16-20-32(21-17-26)18-8-9-19-32/h2,4,12-15,24-26H,3,5-11,16-23H2,1H3/b4-2+. The van der Waals surface area contributed by atoms with E-state index in [0.29, 0.717) is 12.2 Å². The minimum Gasteiger partial charge on any atom is -0.497 e. The molecule has 214 valence electrons. The number of tetrazole rings is 1. The monoisotopic (exact) mass is 544 g/mol. The van der Waals surface area contributed by atoms with Gasteiger partial charge >= 0.3 is 0 Å². The molecule has 0 N–H and O–H groups in total. The average Bonchev–Trinajstić information content (AvgIpc) is 3.75. The molecule has 0 radical (unpaired) electrons. The number of hydrogen-bond acceptors (Lipinski definition) is 6. The van der Waals surface area contributed by atoms with Gasteiger partial charge in [0, 0.05) is 12.7 Å². The Labute approximate surface area is 238 Å². The van der Waals surface area contributed by atoms with Crippen LogP contribution in [0.15, 0.2) is 48.9 Å². The predicted molar refractivity (Wildman–Crippen MR) is 155 cm³/mol. The number of aromatic nitrogens is 6. The van der Waals surface area contributed by atoms with Crippen molar-refractivity contribution in [3.63, 3.8) is 0 Å². The van der Waals surface area contributed by atoms with Gasteiger partial charge in [-0.25, -0.2) is 9.67 Å². The quantitative estimate of drug-likeness (QED) is 0.126. The van der Waals surface area contributed by atoms with Crippen LogP contribution in [0.1, 0.15) is 112 Å². The lowest BCUT2D eigenvalue weighted by atomic mass is 9.68. The van der Waals surface area contributed by atoms with Crippen LogP contribution in [0.25, 0.3) is 0 Å². The molecule has 0 saturated heterocycles. The third kappa shape index (κ3) is 7.46. The number of carbonyl (C=O) groups excluding carboxylic acids is 1. The largest absolute Gasteiger partial charge is 0.497 e. The molecular weight excluding hydrogens is 500 g/mol. The zero-order valence-corrected chi connectivity index (χ0v) is 24.0. The van der Waals surface area contributed by atoms with Crippen LogP contribution < -0.4 is 4.74 Å². The van der Waals surface area contributed by atoms with Gasteiger partial charge in [0.05, 0.1) is 20.0 Å². The van der Waals surface area contributed by atoms with E-state index in [2.05, 4.69) is 32.7 Å². The zero-order chi connectivity index (χ0) is 27.6. The Morgan fingerprint density at radius 1 is 1.02 bits per heavy atom. The first kappa shape index (κ1) is 28.2. The van der Waals surface area contributed by atoms with E-state index in [1.54, 1.807) is 19.6 Å². The summed E-state index contributed by atoms with van der Waals surface area (Å²) in [4.78, 5) is 17.3. The number of methoxy groups -OCH3 is 1. The molecule has 5 rings (SSSR count). The summed E-state index contributed by atoms with van der Waals surface area (Å²) in [6.07, 6.45) is 27.5. The number of aryl methyl sites for hydroxylation is 1. The van der Waals surface area contributed by atoms with E-state index in [0.717, 1.165) is 42.0 Å². The number of nitrogens with zero attached hydrogens (tertiary/aromatic N) is 6. The van der Waals surface area contributed by atoms with Gasteiger partial charge in [0.25, 0.3) is 5.78 Å². The Morgan fingerprint density at radius 3 is 2.52 bits per heavy atom. The van der Waals surface area contributed by atoms with Gasteiger partial charge in [0.15, 0.2) is 0 Å². The minimum absolute atomic E-state index is 0.185. The van der Waals surface area contributed by atoms with Crippen molar-refractivity contribution in [3.05, 3.63) is 66.0 Å². The molecule has 0 amide bonds. The highest BCUT2D eigenvalue weighted by Gasteiger charge is 2.37. The van der Waals surface area contributed by atoms with E-state index in [1.807, 2.05) is 28.8 Å². The summed E-state index contributed by atoms with van der Waals surface area (Å²) in [6.45, 7) is 1.22. The molecule has 2 aromatic heterocycles. The van der Waals surface area contributed by atoms with Crippen LogP contribution >= 0.6 is 0 Å². The van der Waals surface area contributed by atoms with Gasteiger partial charge in [-0.15, -0.1) is 5.10 Å². The summed E-state index contributed by atoms with van der Waals surface area (Å²) in [6, 6.07) is 7.61. The highest BCUT2D eigenvalue weighted by molar-refractivity contribution is 6.04. The van der Waals surface area contributed by atoms with Crippen molar-refractivity contribution in [2.45, 2.75) is 103 Å². The summed E-state index contributed by atoms with van der Waals surface area (Å²) in [5.74, 6) is 1.68. The first-order chi connectivity index (χ1) is 19.6. The van der Waals surface area contributed by atoms with Crippen LogP contribution in [0.2, 0.25) is 0 Å². The molecule has 0 aliphatic heterocycles. The molecule has 3 aromatic rings. The number of ether oxygens (including phenoxy) is 1. The van der Waals surface area contributed by atoms with Crippen molar-refractivity contribution >= 4 is 5.78 Å². The van der Waals surface area contributed by atoms with E-state index < -0.39 is 0 Å². The number of unbranched alkanes of at least 4 members (excludes halogenated alkanes) is 3. The number of rotatable bonds is 14. The van der Waals surface area contributed by atoms with Crippen LogP contribution in [-0.4, -0.2) is 42.7 Å². The zero-order valence-electron chi connectivity index (χ0n) is 24.0. The predicted octanol–water partition coefficient (Wildman–Crippen LogP) is 6.80. The van der Waals surface area contributed by atoms with Gasteiger partial charge < -0.3 is 9.30 Å². The fourth-order valence-corrected chi connectivity index (χ4v) is 6.62. The molecule has 0 bridgehead atoms. The number of ketones is 1. The maximum Gasteiger partial charge on any atom is 0.251 e. The van der Waals surface area contributed by atoms with Crippen LogP contribution in [0.5, 0.6) is 5.75 Å². The SMILES string of the molecule is COc1ccc(Cn2nnnc2C(=O)c2cn(CCC/C=C/CCCCC3CCC4(CCCC4)CC3)cn2)cc1. The molecule has 2 aliphatic rings. The topological polar surface area (TPSA) is 87.7 Å².